The van der Waals surface area contributed by atoms with Crippen LogP contribution >= 0.6 is 18.5 Å². The number of rotatable bonds is 7. The van der Waals surface area contributed by atoms with Crippen LogP contribution in [0.3, 0.4) is 0 Å². The number of H-pyrrole nitrogens is 1. The molecular formula is C21H24FN10O8PS2. The minimum atomic E-state index is -4.21. The molecule has 2 aliphatic heterocycles. The summed E-state index contributed by atoms with van der Waals surface area (Å²) in [6.45, 7) is -4.79. The fourth-order valence-corrected chi connectivity index (χ4v) is 8.65. The Hall–Kier alpha value is -2.85. The average Bonchev–Trinajstić information content (AvgIpc) is 3.35. The van der Waals surface area contributed by atoms with Crippen molar-refractivity contribution >= 4 is 64.4 Å². The maximum absolute atomic E-state index is 15.2. The number of aliphatic hydroxyl groups excluding tert-OH is 3. The second kappa shape index (κ2) is 10.1. The summed E-state index contributed by atoms with van der Waals surface area (Å²) in [6.07, 6.45) is -5.79. The van der Waals surface area contributed by atoms with E-state index in [1.165, 1.54) is 28.1 Å². The van der Waals surface area contributed by atoms with E-state index in [0.717, 1.165) is 11.8 Å². The summed E-state index contributed by atoms with van der Waals surface area (Å²) in [6, 6.07) is 0. The van der Waals surface area contributed by atoms with Crippen LogP contribution in [0.4, 0.5) is 16.2 Å². The molecule has 1 spiro atoms. The van der Waals surface area contributed by atoms with Gasteiger partial charge in [0, 0.05) is 0 Å². The van der Waals surface area contributed by atoms with Crippen LogP contribution in [0.15, 0.2) is 23.8 Å². The Morgan fingerprint density at radius 3 is 2.65 bits per heavy atom. The Bertz CT molecular complexity index is 1840. The van der Waals surface area contributed by atoms with Gasteiger partial charge in [-0.3, -0.25) is 23.4 Å². The number of anilines is 2. The first-order valence-electron chi connectivity index (χ1n) is 12.7. The third-order valence-electron chi connectivity index (χ3n) is 7.69. The first-order valence-corrected chi connectivity index (χ1v) is 16.2. The van der Waals surface area contributed by atoms with Gasteiger partial charge in [-0.1, -0.05) is 0 Å². The van der Waals surface area contributed by atoms with Crippen LogP contribution in [-0.4, -0.2) is 107 Å². The molecular weight excluding hydrogens is 634 g/mol. The summed E-state index contributed by atoms with van der Waals surface area (Å²) >= 11 is 6.35. The van der Waals surface area contributed by atoms with Crippen molar-refractivity contribution in [2.75, 3.05) is 18.1 Å². The summed E-state index contributed by atoms with van der Waals surface area (Å²) in [5, 5.41) is 31.2. The Morgan fingerprint density at radius 1 is 1.19 bits per heavy atom. The van der Waals surface area contributed by atoms with E-state index in [9.17, 15) is 25.0 Å². The molecule has 0 aromatic carbocycles. The minimum Gasteiger partial charge on any atom is -0.392 e. The first-order chi connectivity index (χ1) is 20.4. The number of halogens is 1. The quantitative estimate of drug-likeness (QED) is 0.111. The molecule has 7 rings (SSSR count). The molecule has 18 nitrogen and oxygen atoms in total. The van der Waals surface area contributed by atoms with Gasteiger partial charge < -0.3 is 40.9 Å². The second-order valence-electron chi connectivity index (χ2n) is 10.3. The van der Waals surface area contributed by atoms with E-state index in [-0.39, 0.29) is 40.5 Å². The number of alkyl halides is 1. The highest BCUT2D eigenvalue weighted by atomic mass is 32.5. The highest BCUT2D eigenvalue weighted by Crippen LogP contribution is 2.65. The smallest absolute Gasteiger partial charge is 0.325 e. The molecule has 1 aliphatic carbocycles. The third kappa shape index (κ3) is 4.62. The van der Waals surface area contributed by atoms with Crippen molar-refractivity contribution in [3.63, 3.8) is 0 Å². The molecule has 10 atom stereocenters. The molecule has 6 heterocycles. The number of fused-ring (bicyclic) bond motifs is 2. The zero-order chi connectivity index (χ0) is 30.4. The summed E-state index contributed by atoms with van der Waals surface area (Å²) in [7, 11) is 0. The Morgan fingerprint density at radius 2 is 1.91 bits per heavy atom. The van der Waals surface area contributed by atoms with Gasteiger partial charge >= 0.3 is 6.72 Å². The van der Waals surface area contributed by atoms with E-state index in [0.29, 0.717) is 0 Å². The monoisotopic (exact) mass is 658 g/mol. The van der Waals surface area contributed by atoms with Crippen molar-refractivity contribution in [2.45, 2.75) is 59.5 Å². The van der Waals surface area contributed by atoms with E-state index in [4.69, 9.17) is 37.1 Å². The molecule has 4 unspecified atom stereocenters. The number of nitrogens with two attached hydrogens (primary N) is 2. The SMILES string of the molecule is Nc1nc2c(ncn2[C@@H]2SC3(CC3O)[C@@H](O)[C@H]2OP(O)(=S)OC[C@H]2OC(n3cnc4c(N)ncnc43)[C@@H](F)[C@@H]2O)c(=O)[nH]1. The number of imidazole rings is 2. The highest BCUT2D eigenvalue weighted by molar-refractivity contribution is 8.07. The average molecular weight is 659 g/mol. The maximum Gasteiger partial charge on any atom is 0.325 e. The molecule has 22 heteroatoms. The lowest BCUT2D eigenvalue weighted by molar-refractivity contribution is -0.0480. The van der Waals surface area contributed by atoms with Gasteiger partial charge in [0.2, 0.25) is 5.95 Å². The summed E-state index contributed by atoms with van der Waals surface area (Å²) < 4.78 is 33.8. The van der Waals surface area contributed by atoms with Gasteiger partial charge in [0.15, 0.2) is 35.0 Å². The van der Waals surface area contributed by atoms with E-state index in [1.54, 1.807) is 0 Å². The number of nitrogens with one attached hydrogen (secondary N) is 1. The largest absolute Gasteiger partial charge is 0.392 e. The zero-order valence-electron chi connectivity index (χ0n) is 21.6. The number of thioether (sulfide) groups is 1. The number of nitrogens with zero attached hydrogens (tertiary/aromatic N) is 7. The first kappa shape index (κ1) is 28.9. The zero-order valence-corrected chi connectivity index (χ0v) is 24.1. The van der Waals surface area contributed by atoms with Crippen molar-refractivity contribution in [2.24, 2.45) is 0 Å². The Labute approximate surface area is 248 Å². The second-order valence-corrected chi connectivity index (χ2v) is 14.6. The highest BCUT2D eigenvalue weighted by Gasteiger charge is 2.69. The van der Waals surface area contributed by atoms with Gasteiger partial charge in [0.05, 0.1) is 30.1 Å². The molecule has 0 radical (unpaired) electrons. The molecule has 0 bridgehead atoms. The number of nitrogen functional groups attached to an aromatic ring is 2. The molecule has 4 aromatic heterocycles. The minimum absolute atomic E-state index is 0.0254. The molecule has 9 N–H and O–H groups in total. The summed E-state index contributed by atoms with van der Waals surface area (Å²) in [5.41, 5.74) is 11.4. The van der Waals surface area contributed by atoms with Crippen LogP contribution in [0.25, 0.3) is 22.3 Å². The summed E-state index contributed by atoms with van der Waals surface area (Å²) in [4.78, 5) is 45.8. The number of hydrogen-bond donors (Lipinski definition) is 7. The van der Waals surface area contributed by atoms with Gasteiger partial charge in [-0.05, 0) is 18.2 Å². The van der Waals surface area contributed by atoms with Gasteiger partial charge in [-0.2, -0.15) is 4.98 Å². The Kier molecular flexibility index (Phi) is 6.78. The normalized spacial score (nSPS) is 35.3. The van der Waals surface area contributed by atoms with E-state index in [1.807, 2.05) is 0 Å². The third-order valence-corrected chi connectivity index (χ3v) is 11.1. The molecule has 2 saturated heterocycles. The number of aromatic nitrogens is 8. The van der Waals surface area contributed by atoms with Crippen LogP contribution < -0.4 is 17.0 Å². The van der Waals surface area contributed by atoms with Crippen LogP contribution in [0.2, 0.25) is 0 Å². The fourth-order valence-electron chi connectivity index (χ4n) is 5.41. The van der Waals surface area contributed by atoms with Crippen LogP contribution in [-0.2, 0) is 25.6 Å². The van der Waals surface area contributed by atoms with Gasteiger partial charge in [0.1, 0.15) is 41.6 Å². The lowest BCUT2D eigenvalue weighted by Crippen LogP contribution is -2.36. The van der Waals surface area contributed by atoms with Crippen molar-refractivity contribution in [1.29, 1.82) is 0 Å². The van der Waals surface area contributed by atoms with E-state index in [2.05, 4.69) is 29.9 Å². The number of hydrogen-bond acceptors (Lipinski definition) is 16. The van der Waals surface area contributed by atoms with Gasteiger partial charge in [-0.15, -0.1) is 11.8 Å². The van der Waals surface area contributed by atoms with Crippen molar-refractivity contribution < 1.29 is 38.4 Å². The lowest BCUT2D eigenvalue weighted by Gasteiger charge is -2.27. The van der Waals surface area contributed by atoms with Crippen LogP contribution in [0.5, 0.6) is 0 Å². The fraction of sp³-hybridized carbons (Fsp3) is 0.524. The molecule has 1 saturated carbocycles. The number of aliphatic hydroxyl groups is 3. The molecule has 3 fully saturated rings. The van der Waals surface area contributed by atoms with Gasteiger partial charge in [0.25, 0.3) is 5.56 Å². The lowest BCUT2D eigenvalue weighted by atomic mass is 10.1. The molecule has 43 heavy (non-hydrogen) atoms. The van der Waals surface area contributed by atoms with Crippen LogP contribution in [0.1, 0.15) is 18.0 Å². The summed E-state index contributed by atoms with van der Waals surface area (Å²) in [5.74, 6) is -0.0900. The molecule has 4 aromatic rings. The maximum atomic E-state index is 15.2. The molecule has 0 amide bonds. The topological polar surface area (TPSA) is 268 Å². The number of aromatic amines is 1. The standard InChI is InChI=1S/C21H24FN10O8PS2/c22-8-11(34)6(39-18(8)31-4-27-9-14(23)25-3-26-15(9)31)2-38-41(37,42)40-12-13(35)21(1-7(21)33)43-19(12)32-5-28-10-16(32)29-20(24)30-17(10)36/h3-8,11-13,18-19,33-35H,1-2H2,(H,37,42)(H2,23,25,26)(H3,24,29,30,36)/t6-,7?,8+,11-,12-,13+,18?,19-,21?,41?/m1/s1. The van der Waals surface area contributed by atoms with Crippen molar-refractivity contribution in [3.05, 3.63) is 29.3 Å². The molecule has 230 valence electrons. The van der Waals surface area contributed by atoms with E-state index >= 15 is 4.39 Å². The van der Waals surface area contributed by atoms with E-state index < -0.39 is 71.9 Å². The number of ether oxygens (including phenoxy) is 1. The van der Waals surface area contributed by atoms with Crippen molar-refractivity contribution in [1.82, 2.24) is 39.0 Å². The predicted octanol–water partition coefficient (Wildman–Crippen LogP) is -1.55. The predicted molar refractivity (Wildman–Crippen MR) is 150 cm³/mol. The molecule has 3 aliphatic rings. The van der Waals surface area contributed by atoms with Crippen LogP contribution in [0, 0.1) is 0 Å². The van der Waals surface area contributed by atoms with Crippen molar-refractivity contribution in [3.8, 4) is 0 Å². The Balaban J connectivity index is 1.10. The van der Waals surface area contributed by atoms with Gasteiger partial charge in [-0.25, -0.2) is 24.3 Å².